The summed E-state index contributed by atoms with van der Waals surface area (Å²) in [4.78, 5) is 0. The minimum absolute atomic E-state index is 0.938. The molecule has 2 heterocycles. The minimum atomic E-state index is 0.938. The van der Waals surface area contributed by atoms with Crippen LogP contribution in [0.3, 0.4) is 0 Å². The Morgan fingerprint density at radius 3 is 3.18 bits per heavy atom. The zero-order valence-electron chi connectivity index (χ0n) is 9.57. The first kappa shape index (κ1) is 10.7. The van der Waals surface area contributed by atoms with Crippen LogP contribution < -0.4 is 10.6 Å². The van der Waals surface area contributed by atoms with Crippen LogP contribution in [0.15, 0.2) is 35.9 Å². The van der Waals surface area contributed by atoms with Crippen LogP contribution in [0, 0.1) is 0 Å². The number of nitrogens with one attached hydrogen (secondary N) is 2. The molecule has 0 unspecified atom stereocenters. The molecular formula is C13H15N3S. The molecular weight excluding hydrogens is 230 g/mol. The number of fused-ring (bicyclic) bond motifs is 1. The topological polar surface area (TPSA) is 37.0 Å². The van der Waals surface area contributed by atoms with E-state index in [1.807, 2.05) is 6.07 Å². The molecule has 0 atom stereocenters. The number of nitrogens with zero attached hydrogens (tertiary/aromatic N) is 1. The van der Waals surface area contributed by atoms with E-state index in [1.54, 1.807) is 11.5 Å². The highest BCUT2D eigenvalue weighted by Crippen LogP contribution is 2.27. The molecule has 0 amide bonds. The second kappa shape index (κ2) is 4.85. The van der Waals surface area contributed by atoms with Crippen LogP contribution in [0.4, 0.5) is 5.00 Å². The molecule has 0 fully saturated rings. The highest BCUT2D eigenvalue weighted by molar-refractivity contribution is 7.11. The van der Waals surface area contributed by atoms with E-state index in [-0.39, 0.29) is 0 Å². The lowest BCUT2D eigenvalue weighted by atomic mass is 10.1. The Morgan fingerprint density at radius 1 is 1.35 bits per heavy atom. The van der Waals surface area contributed by atoms with Crippen molar-refractivity contribution in [2.45, 2.75) is 6.42 Å². The van der Waals surface area contributed by atoms with Crippen molar-refractivity contribution in [1.82, 2.24) is 9.69 Å². The minimum Gasteiger partial charge on any atom is -0.371 e. The number of anilines is 1. The summed E-state index contributed by atoms with van der Waals surface area (Å²) in [5.74, 6) is 0. The predicted molar refractivity (Wildman–Crippen MR) is 73.7 cm³/mol. The molecule has 88 valence electrons. The summed E-state index contributed by atoms with van der Waals surface area (Å²) in [5, 5.41) is 9.23. The molecule has 0 saturated heterocycles. The van der Waals surface area contributed by atoms with Gasteiger partial charge in [0, 0.05) is 18.5 Å². The fraction of sp³-hybridized carbons (Fsp3) is 0.308. The molecule has 0 aliphatic carbocycles. The maximum atomic E-state index is 4.43. The molecule has 0 bridgehead atoms. The van der Waals surface area contributed by atoms with E-state index in [0.717, 1.165) is 31.6 Å². The summed E-state index contributed by atoms with van der Waals surface area (Å²) in [5.41, 5.74) is 2.57. The molecule has 1 aromatic heterocycles. The smallest absolute Gasteiger partial charge is 0.117 e. The molecule has 17 heavy (non-hydrogen) atoms. The van der Waals surface area contributed by atoms with Gasteiger partial charge in [-0.25, -0.2) is 0 Å². The molecule has 1 aromatic carbocycles. The number of hydrogen-bond donors (Lipinski definition) is 2. The van der Waals surface area contributed by atoms with Gasteiger partial charge in [0.05, 0.1) is 5.52 Å². The first-order valence-electron chi connectivity index (χ1n) is 5.90. The molecule has 4 heteroatoms. The Labute approximate surface area is 105 Å². The van der Waals surface area contributed by atoms with E-state index >= 15 is 0 Å². The number of hydrogen-bond acceptors (Lipinski definition) is 4. The van der Waals surface area contributed by atoms with Crippen molar-refractivity contribution in [3.05, 3.63) is 35.9 Å². The molecule has 1 aliphatic heterocycles. The molecule has 2 aromatic rings. The fourth-order valence-corrected chi connectivity index (χ4v) is 2.80. The van der Waals surface area contributed by atoms with Crippen molar-refractivity contribution < 1.29 is 0 Å². The molecule has 3 nitrogen and oxygen atoms in total. The normalized spacial score (nSPS) is 15.9. The van der Waals surface area contributed by atoms with Gasteiger partial charge in [-0.15, -0.1) is 0 Å². The Hall–Kier alpha value is -1.39. The SMILES string of the molecule is C1=C(CNc2snc3ccccc23)CCNC1. The lowest BCUT2D eigenvalue weighted by Gasteiger charge is -2.14. The van der Waals surface area contributed by atoms with Crippen molar-refractivity contribution in [2.75, 3.05) is 25.0 Å². The number of benzene rings is 1. The molecule has 0 spiro atoms. The van der Waals surface area contributed by atoms with E-state index in [1.165, 1.54) is 16.0 Å². The molecule has 0 saturated carbocycles. The summed E-state index contributed by atoms with van der Waals surface area (Å²) < 4.78 is 4.43. The summed E-state index contributed by atoms with van der Waals surface area (Å²) in [6.45, 7) is 3.03. The first-order valence-corrected chi connectivity index (χ1v) is 6.68. The van der Waals surface area contributed by atoms with Crippen LogP contribution in [-0.2, 0) is 0 Å². The van der Waals surface area contributed by atoms with Gasteiger partial charge in [-0.1, -0.05) is 23.8 Å². The van der Waals surface area contributed by atoms with Crippen LogP contribution in [-0.4, -0.2) is 24.0 Å². The largest absolute Gasteiger partial charge is 0.371 e. The van der Waals surface area contributed by atoms with Gasteiger partial charge in [0.15, 0.2) is 0 Å². The predicted octanol–water partition coefficient (Wildman–Crippen LogP) is 2.63. The van der Waals surface area contributed by atoms with E-state index in [9.17, 15) is 0 Å². The van der Waals surface area contributed by atoms with E-state index in [4.69, 9.17) is 0 Å². The van der Waals surface area contributed by atoms with Crippen LogP contribution in [0.1, 0.15) is 6.42 Å². The van der Waals surface area contributed by atoms with Gasteiger partial charge >= 0.3 is 0 Å². The van der Waals surface area contributed by atoms with Crippen molar-refractivity contribution in [3.63, 3.8) is 0 Å². The van der Waals surface area contributed by atoms with E-state index in [0.29, 0.717) is 0 Å². The lowest BCUT2D eigenvalue weighted by molar-refractivity contribution is 0.698. The molecule has 2 N–H and O–H groups in total. The average molecular weight is 245 g/mol. The maximum Gasteiger partial charge on any atom is 0.117 e. The molecule has 1 aliphatic rings. The van der Waals surface area contributed by atoms with Gasteiger partial charge in [0.1, 0.15) is 5.00 Å². The van der Waals surface area contributed by atoms with Gasteiger partial charge in [-0.2, -0.15) is 4.37 Å². The van der Waals surface area contributed by atoms with Gasteiger partial charge in [-0.05, 0) is 36.6 Å². The van der Waals surface area contributed by atoms with Crippen molar-refractivity contribution in [2.24, 2.45) is 0 Å². The molecule has 3 rings (SSSR count). The standard InChI is InChI=1S/C13H15N3S/c1-2-4-12-11(3-1)13(17-16-12)15-9-10-5-7-14-8-6-10/h1-5,14-15H,6-9H2. The highest BCUT2D eigenvalue weighted by Gasteiger charge is 2.06. The zero-order chi connectivity index (χ0) is 11.5. The quantitative estimate of drug-likeness (QED) is 0.816. The molecule has 0 radical (unpaired) electrons. The van der Waals surface area contributed by atoms with Crippen LogP contribution in [0.2, 0.25) is 0 Å². The van der Waals surface area contributed by atoms with Crippen molar-refractivity contribution >= 4 is 27.4 Å². The first-order chi connectivity index (χ1) is 8.43. The second-order valence-electron chi connectivity index (χ2n) is 4.20. The Kier molecular flexibility index (Phi) is 3.07. The summed E-state index contributed by atoms with van der Waals surface area (Å²) >= 11 is 1.55. The average Bonchev–Trinajstić information content (AvgIpc) is 2.81. The monoisotopic (exact) mass is 245 g/mol. The van der Waals surface area contributed by atoms with Crippen LogP contribution in [0.5, 0.6) is 0 Å². The third-order valence-electron chi connectivity index (χ3n) is 3.02. The fourth-order valence-electron chi connectivity index (χ4n) is 2.04. The Balaban J connectivity index is 1.74. The van der Waals surface area contributed by atoms with Gasteiger partial charge < -0.3 is 10.6 Å². The number of rotatable bonds is 3. The van der Waals surface area contributed by atoms with Crippen LogP contribution >= 0.6 is 11.5 Å². The summed E-state index contributed by atoms with van der Waals surface area (Å²) in [6, 6.07) is 8.27. The lowest BCUT2D eigenvalue weighted by Crippen LogP contribution is -2.22. The van der Waals surface area contributed by atoms with E-state index < -0.39 is 0 Å². The van der Waals surface area contributed by atoms with E-state index in [2.05, 4.69) is 39.3 Å². The Bertz CT molecular complexity index is 544. The third-order valence-corrected chi connectivity index (χ3v) is 3.85. The highest BCUT2D eigenvalue weighted by atomic mass is 32.1. The van der Waals surface area contributed by atoms with Crippen molar-refractivity contribution in [1.29, 1.82) is 0 Å². The zero-order valence-corrected chi connectivity index (χ0v) is 10.4. The Morgan fingerprint density at radius 2 is 2.29 bits per heavy atom. The van der Waals surface area contributed by atoms with Gasteiger partial charge in [0.25, 0.3) is 0 Å². The van der Waals surface area contributed by atoms with Gasteiger partial charge in [-0.3, -0.25) is 0 Å². The van der Waals surface area contributed by atoms with Gasteiger partial charge in [0.2, 0.25) is 0 Å². The summed E-state index contributed by atoms with van der Waals surface area (Å²) in [6.07, 6.45) is 3.42. The third kappa shape index (κ3) is 2.33. The second-order valence-corrected chi connectivity index (χ2v) is 4.97. The van der Waals surface area contributed by atoms with Crippen molar-refractivity contribution in [3.8, 4) is 0 Å². The maximum absolute atomic E-state index is 4.43. The van der Waals surface area contributed by atoms with Crippen LogP contribution in [0.25, 0.3) is 10.9 Å². The summed E-state index contributed by atoms with van der Waals surface area (Å²) in [7, 11) is 0. The number of aromatic nitrogens is 1.